The molecule has 0 bridgehead atoms. The highest BCUT2D eigenvalue weighted by Gasteiger charge is 2.15. The normalized spacial score (nSPS) is 11.4. The van der Waals surface area contributed by atoms with E-state index < -0.39 is 0 Å². The quantitative estimate of drug-likeness (QED) is 0.384. The third kappa shape index (κ3) is 6.98. The molecule has 166 valence electrons. The van der Waals surface area contributed by atoms with Gasteiger partial charge in [-0.15, -0.1) is 0 Å². The van der Waals surface area contributed by atoms with E-state index in [0.717, 1.165) is 22.4 Å². The third-order valence-corrected chi connectivity index (χ3v) is 4.93. The van der Waals surface area contributed by atoms with Gasteiger partial charge < -0.3 is 9.47 Å². The molecule has 0 aliphatic carbocycles. The van der Waals surface area contributed by atoms with Crippen LogP contribution in [-0.4, -0.2) is 18.7 Å². The second-order valence-corrected chi connectivity index (χ2v) is 8.66. The maximum atomic E-state index is 12.0. The predicted molar refractivity (Wildman–Crippen MR) is 128 cm³/mol. The standard InChI is InChI=1S/C27H30N2O3/c1-20-16-23(27(2,3)4)12-15-25(20)32-19-26(30)29-28-17-21-10-13-24(14-11-21)31-18-22-8-6-5-7-9-22/h5-17H,18-19H2,1-4H3,(H,29,30)/b28-17-. The molecule has 0 aliphatic heterocycles. The summed E-state index contributed by atoms with van der Waals surface area (Å²) in [4.78, 5) is 12.0. The van der Waals surface area contributed by atoms with Crippen LogP contribution in [0.15, 0.2) is 77.9 Å². The van der Waals surface area contributed by atoms with Gasteiger partial charge in [-0.2, -0.15) is 5.10 Å². The Morgan fingerprint density at radius 2 is 1.69 bits per heavy atom. The molecule has 0 fully saturated rings. The van der Waals surface area contributed by atoms with E-state index in [1.165, 1.54) is 5.56 Å². The minimum absolute atomic E-state index is 0.0710. The zero-order valence-electron chi connectivity index (χ0n) is 19.1. The minimum Gasteiger partial charge on any atom is -0.489 e. The number of nitrogens with zero attached hydrogens (tertiary/aromatic N) is 1. The molecular weight excluding hydrogens is 400 g/mol. The lowest BCUT2D eigenvalue weighted by molar-refractivity contribution is -0.123. The first-order valence-electron chi connectivity index (χ1n) is 10.6. The topological polar surface area (TPSA) is 59.9 Å². The molecule has 3 rings (SSSR count). The largest absolute Gasteiger partial charge is 0.489 e. The monoisotopic (exact) mass is 430 g/mol. The number of carbonyl (C=O) groups is 1. The summed E-state index contributed by atoms with van der Waals surface area (Å²) in [5.41, 5.74) is 6.76. The van der Waals surface area contributed by atoms with Crippen LogP contribution in [0.1, 0.15) is 43.0 Å². The van der Waals surface area contributed by atoms with Crippen molar-refractivity contribution in [2.45, 2.75) is 39.7 Å². The number of carbonyl (C=O) groups excluding carboxylic acids is 1. The highest BCUT2D eigenvalue weighted by molar-refractivity contribution is 5.83. The van der Waals surface area contributed by atoms with Crippen molar-refractivity contribution in [3.63, 3.8) is 0 Å². The van der Waals surface area contributed by atoms with Crippen molar-refractivity contribution >= 4 is 12.1 Å². The van der Waals surface area contributed by atoms with Crippen LogP contribution in [0.3, 0.4) is 0 Å². The molecule has 32 heavy (non-hydrogen) atoms. The number of hydrazone groups is 1. The molecule has 0 saturated carbocycles. The van der Waals surface area contributed by atoms with Crippen molar-refractivity contribution in [2.24, 2.45) is 5.10 Å². The fourth-order valence-electron chi connectivity index (χ4n) is 3.02. The smallest absolute Gasteiger partial charge is 0.277 e. The van der Waals surface area contributed by atoms with Crippen molar-refractivity contribution in [1.82, 2.24) is 5.43 Å². The van der Waals surface area contributed by atoms with Crippen molar-refractivity contribution in [2.75, 3.05) is 6.61 Å². The van der Waals surface area contributed by atoms with Gasteiger partial charge in [0, 0.05) is 0 Å². The molecule has 1 N–H and O–H groups in total. The highest BCUT2D eigenvalue weighted by atomic mass is 16.5. The average Bonchev–Trinajstić information content (AvgIpc) is 2.78. The second kappa shape index (κ2) is 10.6. The number of rotatable bonds is 8. The average molecular weight is 431 g/mol. The summed E-state index contributed by atoms with van der Waals surface area (Å²) in [6, 6.07) is 23.6. The first-order chi connectivity index (χ1) is 15.3. The summed E-state index contributed by atoms with van der Waals surface area (Å²) >= 11 is 0. The summed E-state index contributed by atoms with van der Waals surface area (Å²) in [5, 5.41) is 4.00. The predicted octanol–water partition coefficient (Wildman–Crippen LogP) is 5.40. The highest BCUT2D eigenvalue weighted by Crippen LogP contribution is 2.27. The molecule has 5 nitrogen and oxygen atoms in total. The number of ether oxygens (including phenoxy) is 2. The zero-order chi connectivity index (χ0) is 23.0. The second-order valence-electron chi connectivity index (χ2n) is 8.66. The van der Waals surface area contributed by atoms with E-state index in [-0.39, 0.29) is 17.9 Å². The zero-order valence-corrected chi connectivity index (χ0v) is 19.1. The number of benzene rings is 3. The van der Waals surface area contributed by atoms with Gasteiger partial charge in [0.05, 0.1) is 6.21 Å². The molecule has 0 aromatic heterocycles. The van der Waals surface area contributed by atoms with Crippen molar-refractivity contribution in [1.29, 1.82) is 0 Å². The minimum atomic E-state index is -0.316. The maximum Gasteiger partial charge on any atom is 0.277 e. The Kier molecular flexibility index (Phi) is 7.66. The van der Waals surface area contributed by atoms with Gasteiger partial charge in [-0.05, 0) is 64.9 Å². The fraction of sp³-hybridized carbons (Fsp3) is 0.259. The van der Waals surface area contributed by atoms with Crippen LogP contribution in [0.25, 0.3) is 0 Å². The van der Waals surface area contributed by atoms with Gasteiger partial charge in [0.25, 0.3) is 5.91 Å². The Balaban J connectivity index is 1.44. The number of nitrogens with one attached hydrogen (secondary N) is 1. The number of hydrogen-bond acceptors (Lipinski definition) is 4. The van der Waals surface area contributed by atoms with Crippen molar-refractivity contribution in [3.8, 4) is 11.5 Å². The Hall–Kier alpha value is -3.60. The van der Waals surface area contributed by atoms with Gasteiger partial charge in [0.2, 0.25) is 0 Å². The van der Waals surface area contributed by atoms with E-state index in [1.807, 2.05) is 73.7 Å². The van der Waals surface area contributed by atoms with Crippen LogP contribution in [0.4, 0.5) is 0 Å². The molecule has 0 heterocycles. The van der Waals surface area contributed by atoms with Crippen LogP contribution < -0.4 is 14.9 Å². The SMILES string of the molecule is Cc1cc(C(C)(C)C)ccc1OCC(=O)N/N=C\c1ccc(OCc2ccccc2)cc1. The van der Waals surface area contributed by atoms with E-state index in [9.17, 15) is 4.79 Å². The van der Waals surface area contributed by atoms with Gasteiger partial charge >= 0.3 is 0 Å². The maximum absolute atomic E-state index is 12.0. The molecule has 0 radical (unpaired) electrons. The van der Waals surface area contributed by atoms with E-state index in [0.29, 0.717) is 12.4 Å². The number of hydrogen-bond donors (Lipinski definition) is 1. The number of aryl methyl sites for hydroxylation is 1. The van der Waals surface area contributed by atoms with E-state index in [4.69, 9.17) is 9.47 Å². The molecule has 3 aromatic carbocycles. The Bertz CT molecular complexity index is 1050. The molecule has 5 heteroatoms. The van der Waals surface area contributed by atoms with Crippen molar-refractivity contribution < 1.29 is 14.3 Å². The lowest BCUT2D eigenvalue weighted by Crippen LogP contribution is -2.24. The molecular formula is C27H30N2O3. The molecule has 0 saturated heterocycles. The van der Waals surface area contributed by atoms with Gasteiger partial charge in [0.1, 0.15) is 18.1 Å². The summed E-state index contributed by atoms with van der Waals surface area (Å²) in [5.74, 6) is 1.16. The Morgan fingerprint density at radius 1 is 0.969 bits per heavy atom. The van der Waals surface area contributed by atoms with Gasteiger partial charge in [-0.1, -0.05) is 63.2 Å². The molecule has 0 unspecified atom stereocenters. The van der Waals surface area contributed by atoms with Crippen LogP contribution >= 0.6 is 0 Å². The van der Waals surface area contributed by atoms with Gasteiger partial charge in [0.15, 0.2) is 6.61 Å². The third-order valence-electron chi connectivity index (χ3n) is 4.93. The fourth-order valence-corrected chi connectivity index (χ4v) is 3.02. The molecule has 1 amide bonds. The summed E-state index contributed by atoms with van der Waals surface area (Å²) in [7, 11) is 0. The van der Waals surface area contributed by atoms with Crippen molar-refractivity contribution in [3.05, 3.63) is 95.1 Å². The summed E-state index contributed by atoms with van der Waals surface area (Å²) < 4.78 is 11.4. The molecule has 3 aromatic rings. The molecule has 0 aliphatic rings. The number of amides is 1. The summed E-state index contributed by atoms with van der Waals surface area (Å²) in [6.45, 7) is 8.90. The lowest BCUT2D eigenvalue weighted by atomic mass is 9.86. The van der Waals surface area contributed by atoms with E-state index in [1.54, 1.807) is 6.21 Å². The van der Waals surface area contributed by atoms with E-state index >= 15 is 0 Å². The Labute approximate surface area is 190 Å². The van der Waals surface area contributed by atoms with Crippen LogP contribution in [0.5, 0.6) is 11.5 Å². The van der Waals surface area contributed by atoms with Gasteiger partial charge in [-0.3, -0.25) is 4.79 Å². The summed E-state index contributed by atoms with van der Waals surface area (Å²) in [6.07, 6.45) is 1.59. The van der Waals surface area contributed by atoms with Crippen LogP contribution in [-0.2, 0) is 16.8 Å². The molecule has 0 atom stereocenters. The lowest BCUT2D eigenvalue weighted by Gasteiger charge is -2.20. The van der Waals surface area contributed by atoms with Crippen LogP contribution in [0, 0.1) is 6.92 Å². The van der Waals surface area contributed by atoms with Crippen LogP contribution in [0.2, 0.25) is 0 Å². The first-order valence-corrected chi connectivity index (χ1v) is 10.6. The molecule has 0 spiro atoms. The Morgan fingerprint density at radius 3 is 2.34 bits per heavy atom. The van der Waals surface area contributed by atoms with E-state index in [2.05, 4.69) is 37.4 Å². The first kappa shape index (κ1) is 23.1. The van der Waals surface area contributed by atoms with Gasteiger partial charge in [-0.25, -0.2) is 5.43 Å².